The SMILES string of the molecule is CN(C)C(=O)c1cc(CN2C(=O)N(c3ccc(OC(F)(F)F)cc3)C(=O)C23CC3)ccn1. The van der Waals surface area contributed by atoms with E-state index in [1.54, 1.807) is 26.2 Å². The highest BCUT2D eigenvalue weighted by Gasteiger charge is 2.65. The van der Waals surface area contributed by atoms with Crippen LogP contribution in [0, 0.1) is 0 Å². The molecule has 0 radical (unpaired) electrons. The van der Waals surface area contributed by atoms with Gasteiger partial charge >= 0.3 is 12.4 Å². The van der Waals surface area contributed by atoms with Crippen LogP contribution < -0.4 is 9.64 Å². The molecule has 2 heterocycles. The molecule has 1 spiro atoms. The fraction of sp³-hybridized carbons (Fsp3) is 0.333. The van der Waals surface area contributed by atoms with E-state index >= 15 is 0 Å². The zero-order valence-corrected chi connectivity index (χ0v) is 17.2. The number of carbonyl (C=O) groups is 3. The molecule has 0 N–H and O–H groups in total. The van der Waals surface area contributed by atoms with Gasteiger partial charge in [0.25, 0.3) is 11.8 Å². The van der Waals surface area contributed by atoms with Crippen LogP contribution in [0.4, 0.5) is 23.7 Å². The van der Waals surface area contributed by atoms with Crippen molar-refractivity contribution in [2.75, 3.05) is 19.0 Å². The van der Waals surface area contributed by atoms with Crippen LogP contribution in [0.25, 0.3) is 0 Å². The Morgan fingerprint density at radius 2 is 1.81 bits per heavy atom. The summed E-state index contributed by atoms with van der Waals surface area (Å²) in [5.74, 6) is -1.17. The molecule has 1 saturated heterocycles. The van der Waals surface area contributed by atoms with Crippen molar-refractivity contribution < 1.29 is 32.3 Å². The molecule has 2 aromatic rings. The van der Waals surface area contributed by atoms with Crippen LogP contribution in [0.15, 0.2) is 42.6 Å². The molecule has 4 rings (SSSR count). The molecule has 168 valence electrons. The van der Waals surface area contributed by atoms with Gasteiger partial charge in [0.05, 0.1) is 5.69 Å². The molecular weight excluding hydrogens is 429 g/mol. The second kappa shape index (κ2) is 7.50. The molecule has 1 aromatic heterocycles. The van der Waals surface area contributed by atoms with Crippen molar-refractivity contribution >= 4 is 23.5 Å². The molecule has 4 amide bonds. The molecule has 1 aromatic carbocycles. The Morgan fingerprint density at radius 3 is 2.38 bits per heavy atom. The number of halogens is 3. The number of imide groups is 1. The number of benzene rings is 1. The number of anilines is 1. The minimum Gasteiger partial charge on any atom is -0.406 e. The summed E-state index contributed by atoms with van der Waals surface area (Å²) in [7, 11) is 3.20. The van der Waals surface area contributed by atoms with Gasteiger partial charge in [-0.3, -0.25) is 14.6 Å². The minimum atomic E-state index is -4.84. The van der Waals surface area contributed by atoms with Crippen molar-refractivity contribution in [3.63, 3.8) is 0 Å². The number of ether oxygens (including phenoxy) is 1. The highest BCUT2D eigenvalue weighted by atomic mass is 19.4. The first-order valence-electron chi connectivity index (χ1n) is 9.70. The van der Waals surface area contributed by atoms with E-state index in [1.165, 1.54) is 28.1 Å². The standard InChI is InChI=1S/C21H19F3N4O4/c1-26(2)17(29)16-11-13(7-10-25-16)12-27-19(31)28(18(30)20(27)8-9-20)14-3-5-15(6-4-14)32-21(22,23)24/h3-7,10-11H,8-9,12H2,1-2H3. The van der Waals surface area contributed by atoms with Gasteiger partial charge in [-0.2, -0.15) is 0 Å². The number of alkyl halides is 3. The summed E-state index contributed by atoms with van der Waals surface area (Å²) in [5, 5.41) is 0. The van der Waals surface area contributed by atoms with Crippen LogP contribution in [0.2, 0.25) is 0 Å². The highest BCUT2D eigenvalue weighted by molar-refractivity contribution is 6.24. The van der Waals surface area contributed by atoms with E-state index in [0.717, 1.165) is 17.0 Å². The predicted octanol–water partition coefficient (Wildman–Crippen LogP) is 3.18. The quantitative estimate of drug-likeness (QED) is 0.657. The van der Waals surface area contributed by atoms with Crippen molar-refractivity contribution in [2.45, 2.75) is 31.3 Å². The molecule has 1 aliphatic carbocycles. The van der Waals surface area contributed by atoms with E-state index in [0.29, 0.717) is 18.4 Å². The number of amides is 4. The zero-order valence-electron chi connectivity index (χ0n) is 17.2. The van der Waals surface area contributed by atoms with Crippen LogP contribution >= 0.6 is 0 Å². The summed E-state index contributed by atoms with van der Waals surface area (Å²) in [4.78, 5) is 46.2. The van der Waals surface area contributed by atoms with Crippen LogP contribution in [0.3, 0.4) is 0 Å². The fourth-order valence-electron chi connectivity index (χ4n) is 3.66. The van der Waals surface area contributed by atoms with E-state index in [-0.39, 0.29) is 23.8 Å². The molecule has 0 unspecified atom stereocenters. The van der Waals surface area contributed by atoms with Gasteiger partial charge in [0.2, 0.25) is 0 Å². The maximum absolute atomic E-state index is 13.1. The Balaban J connectivity index is 1.57. The lowest BCUT2D eigenvalue weighted by molar-refractivity contribution is -0.274. The number of urea groups is 1. The Labute approximate surface area is 181 Å². The van der Waals surface area contributed by atoms with Crippen molar-refractivity contribution in [1.29, 1.82) is 0 Å². The predicted molar refractivity (Wildman–Crippen MR) is 106 cm³/mol. The number of hydrogen-bond donors (Lipinski definition) is 0. The molecule has 32 heavy (non-hydrogen) atoms. The van der Waals surface area contributed by atoms with E-state index in [1.807, 2.05) is 0 Å². The van der Waals surface area contributed by atoms with E-state index in [9.17, 15) is 27.6 Å². The molecule has 1 aliphatic heterocycles. The van der Waals surface area contributed by atoms with E-state index < -0.39 is 29.6 Å². The van der Waals surface area contributed by atoms with Crippen molar-refractivity contribution in [1.82, 2.24) is 14.8 Å². The van der Waals surface area contributed by atoms with E-state index in [4.69, 9.17) is 0 Å². The van der Waals surface area contributed by atoms with Gasteiger partial charge in [-0.25, -0.2) is 9.69 Å². The lowest BCUT2D eigenvalue weighted by atomic mass is 10.1. The summed E-state index contributed by atoms with van der Waals surface area (Å²) in [6.07, 6.45) is -2.41. The first kappa shape index (κ1) is 21.6. The second-order valence-corrected chi connectivity index (χ2v) is 7.83. The number of aromatic nitrogens is 1. The summed E-state index contributed by atoms with van der Waals surface area (Å²) in [6, 6.07) is 7.22. The zero-order chi connectivity index (χ0) is 23.3. The topological polar surface area (TPSA) is 83.0 Å². The van der Waals surface area contributed by atoms with Gasteiger partial charge < -0.3 is 14.5 Å². The summed E-state index contributed by atoms with van der Waals surface area (Å²) >= 11 is 0. The van der Waals surface area contributed by atoms with Gasteiger partial charge in [0.15, 0.2) is 0 Å². The van der Waals surface area contributed by atoms with Crippen molar-refractivity contribution in [3.05, 3.63) is 53.9 Å². The van der Waals surface area contributed by atoms with E-state index in [2.05, 4.69) is 9.72 Å². The van der Waals surface area contributed by atoms with Crippen LogP contribution in [0.1, 0.15) is 28.9 Å². The van der Waals surface area contributed by atoms with Crippen LogP contribution in [-0.4, -0.2) is 58.6 Å². The molecular formula is C21H19F3N4O4. The van der Waals surface area contributed by atoms with Gasteiger partial charge in [0.1, 0.15) is 17.0 Å². The van der Waals surface area contributed by atoms with Crippen molar-refractivity contribution in [3.8, 4) is 5.75 Å². The van der Waals surface area contributed by atoms with Gasteiger partial charge in [0, 0.05) is 26.8 Å². The third-order valence-electron chi connectivity index (χ3n) is 5.38. The maximum Gasteiger partial charge on any atom is 0.573 e. The third kappa shape index (κ3) is 3.85. The van der Waals surface area contributed by atoms with Gasteiger partial charge in [-0.05, 0) is 54.8 Å². The molecule has 8 nitrogen and oxygen atoms in total. The Morgan fingerprint density at radius 1 is 1.16 bits per heavy atom. The monoisotopic (exact) mass is 448 g/mol. The molecule has 2 fully saturated rings. The summed E-state index contributed by atoms with van der Waals surface area (Å²) < 4.78 is 41.0. The number of hydrogen-bond acceptors (Lipinski definition) is 5. The first-order chi connectivity index (χ1) is 15.0. The Kier molecular flexibility index (Phi) is 5.06. The number of pyridine rings is 1. The molecule has 0 bridgehead atoms. The largest absolute Gasteiger partial charge is 0.573 e. The lowest BCUT2D eigenvalue weighted by Gasteiger charge is -2.21. The lowest BCUT2D eigenvalue weighted by Crippen LogP contribution is -2.36. The Bertz CT molecular complexity index is 1080. The third-order valence-corrected chi connectivity index (χ3v) is 5.38. The molecule has 0 atom stereocenters. The average Bonchev–Trinajstić information content (AvgIpc) is 3.50. The minimum absolute atomic E-state index is 0.0899. The number of nitrogens with zero attached hydrogens (tertiary/aromatic N) is 4. The average molecular weight is 448 g/mol. The van der Waals surface area contributed by atoms with Gasteiger partial charge in [-0.1, -0.05) is 0 Å². The number of carbonyl (C=O) groups excluding carboxylic acids is 3. The Hall–Kier alpha value is -3.63. The summed E-state index contributed by atoms with van der Waals surface area (Å²) in [6.45, 7) is 0.0899. The second-order valence-electron chi connectivity index (χ2n) is 7.83. The molecule has 2 aliphatic rings. The van der Waals surface area contributed by atoms with Gasteiger partial charge in [-0.15, -0.1) is 13.2 Å². The van der Waals surface area contributed by atoms with Crippen molar-refractivity contribution in [2.24, 2.45) is 0 Å². The number of rotatable bonds is 5. The fourth-order valence-corrected chi connectivity index (χ4v) is 3.66. The van der Waals surface area contributed by atoms with Crippen LogP contribution in [0.5, 0.6) is 5.75 Å². The maximum atomic E-state index is 13.1. The highest BCUT2D eigenvalue weighted by Crippen LogP contribution is 2.49. The molecule has 1 saturated carbocycles. The summed E-state index contributed by atoms with van der Waals surface area (Å²) in [5.41, 5.74) is 0.0232. The normalized spacial score (nSPS) is 17.2. The molecule has 11 heteroatoms. The van der Waals surface area contributed by atoms with Crippen LogP contribution in [-0.2, 0) is 11.3 Å². The smallest absolute Gasteiger partial charge is 0.406 e. The first-order valence-corrected chi connectivity index (χ1v) is 9.70.